The lowest BCUT2D eigenvalue weighted by molar-refractivity contribution is -0.143. The molecule has 6 nitrogen and oxygen atoms in total. The molecular formula is C11H16N2O4. The second-order valence-electron chi connectivity index (χ2n) is 3.88. The van der Waals surface area contributed by atoms with Crippen LogP contribution in [-0.2, 0) is 19.2 Å². The summed E-state index contributed by atoms with van der Waals surface area (Å²) in [6.45, 7) is 4.21. The third kappa shape index (κ3) is 2.51. The van der Waals surface area contributed by atoms with E-state index in [0.717, 1.165) is 4.90 Å². The number of hydrogen-bond donors (Lipinski definition) is 1. The third-order valence-corrected chi connectivity index (χ3v) is 2.49. The summed E-state index contributed by atoms with van der Waals surface area (Å²) in [6.07, 6.45) is 1.27. The van der Waals surface area contributed by atoms with E-state index in [1.165, 1.54) is 0 Å². The fraction of sp³-hybridized carbons (Fsp3) is 0.636. The second kappa shape index (κ2) is 5.56. The zero-order chi connectivity index (χ0) is 13.0. The Bertz CT molecular complexity index is 364. The molecule has 1 N–H and O–H groups in total. The van der Waals surface area contributed by atoms with Crippen LogP contribution in [0.2, 0.25) is 0 Å². The van der Waals surface area contributed by atoms with Crippen molar-refractivity contribution in [1.29, 1.82) is 0 Å². The molecule has 0 radical (unpaired) electrons. The molecule has 1 fully saturated rings. The van der Waals surface area contributed by atoms with Crippen LogP contribution in [-0.4, -0.2) is 41.5 Å². The third-order valence-electron chi connectivity index (χ3n) is 2.49. The quantitative estimate of drug-likeness (QED) is 0.398. The minimum Gasteiger partial charge on any atom is -0.355 e. The van der Waals surface area contributed by atoms with Gasteiger partial charge in [0.25, 0.3) is 5.91 Å². The summed E-state index contributed by atoms with van der Waals surface area (Å²) in [5, 5.41) is 2.46. The van der Waals surface area contributed by atoms with Gasteiger partial charge in [-0.25, -0.2) is 0 Å². The Morgan fingerprint density at radius 2 is 1.88 bits per heavy atom. The Hall–Kier alpha value is -1.72. The summed E-state index contributed by atoms with van der Waals surface area (Å²) >= 11 is 0. The van der Waals surface area contributed by atoms with Crippen molar-refractivity contribution in [3.63, 3.8) is 0 Å². The van der Waals surface area contributed by atoms with Crippen LogP contribution in [0.5, 0.6) is 0 Å². The van der Waals surface area contributed by atoms with Gasteiger partial charge in [0.15, 0.2) is 5.92 Å². The van der Waals surface area contributed by atoms with Crippen molar-refractivity contribution in [2.24, 2.45) is 5.92 Å². The van der Waals surface area contributed by atoms with Gasteiger partial charge in [0.2, 0.25) is 17.6 Å². The number of ketones is 1. The first-order valence-corrected chi connectivity index (χ1v) is 5.71. The van der Waals surface area contributed by atoms with E-state index in [4.69, 9.17) is 0 Å². The topological polar surface area (TPSA) is 83.6 Å². The average molecular weight is 240 g/mol. The first-order valence-electron chi connectivity index (χ1n) is 5.71. The lowest BCUT2D eigenvalue weighted by Gasteiger charge is -2.11. The number of nitrogens with one attached hydrogen (secondary N) is 1. The van der Waals surface area contributed by atoms with Gasteiger partial charge in [-0.15, -0.1) is 0 Å². The first kappa shape index (κ1) is 13.3. The fourth-order valence-corrected chi connectivity index (χ4v) is 1.64. The molecule has 1 saturated heterocycles. The van der Waals surface area contributed by atoms with Crippen molar-refractivity contribution in [3.8, 4) is 0 Å². The molecule has 94 valence electrons. The molecule has 6 heteroatoms. The number of likely N-dealkylation sites (tertiary alicyclic amines) is 1. The minimum atomic E-state index is -1.47. The maximum atomic E-state index is 11.7. The lowest BCUT2D eigenvalue weighted by Crippen LogP contribution is -2.39. The van der Waals surface area contributed by atoms with Crippen LogP contribution in [0.25, 0.3) is 0 Å². The highest BCUT2D eigenvalue weighted by Gasteiger charge is 2.50. The number of carbonyl (C=O) groups is 4. The number of imide groups is 1. The summed E-state index contributed by atoms with van der Waals surface area (Å²) in [4.78, 5) is 47.2. The van der Waals surface area contributed by atoms with E-state index in [2.05, 4.69) is 5.32 Å². The van der Waals surface area contributed by atoms with E-state index in [-0.39, 0.29) is 6.54 Å². The predicted octanol–water partition coefficient (Wildman–Crippen LogP) is -0.523. The highest BCUT2D eigenvalue weighted by molar-refractivity contribution is 6.52. The minimum absolute atomic E-state index is 0.182. The fourth-order valence-electron chi connectivity index (χ4n) is 1.64. The Kier molecular flexibility index (Phi) is 4.37. The Morgan fingerprint density at radius 1 is 1.24 bits per heavy atom. The first-order chi connectivity index (χ1) is 8.04. The monoisotopic (exact) mass is 240 g/mol. The molecule has 1 unspecified atom stereocenters. The van der Waals surface area contributed by atoms with Crippen LogP contribution in [0.4, 0.5) is 0 Å². The van der Waals surface area contributed by atoms with Crippen LogP contribution in [0.3, 0.4) is 0 Å². The van der Waals surface area contributed by atoms with Crippen molar-refractivity contribution in [3.05, 3.63) is 0 Å². The average Bonchev–Trinajstić information content (AvgIpc) is 2.51. The largest absolute Gasteiger partial charge is 0.355 e. The van der Waals surface area contributed by atoms with E-state index in [1.54, 1.807) is 6.92 Å². The normalized spacial score (nSPS) is 20.0. The van der Waals surface area contributed by atoms with Gasteiger partial charge in [-0.1, -0.05) is 13.8 Å². The van der Waals surface area contributed by atoms with Gasteiger partial charge in [0.1, 0.15) is 0 Å². The second-order valence-corrected chi connectivity index (χ2v) is 3.88. The maximum absolute atomic E-state index is 11.7. The molecule has 0 bridgehead atoms. The molecule has 17 heavy (non-hydrogen) atoms. The SMILES string of the molecule is CCCNC(=O)C1C(=O)C(=O)N(CCC)C1=O. The van der Waals surface area contributed by atoms with E-state index in [9.17, 15) is 19.2 Å². The molecule has 1 atom stereocenters. The van der Waals surface area contributed by atoms with Gasteiger partial charge in [-0.2, -0.15) is 0 Å². The van der Waals surface area contributed by atoms with Crippen molar-refractivity contribution in [2.45, 2.75) is 26.7 Å². The van der Waals surface area contributed by atoms with Crippen LogP contribution >= 0.6 is 0 Å². The number of hydrogen-bond acceptors (Lipinski definition) is 4. The van der Waals surface area contributed by atoms with E-state index >= 15 is 0 Å². The Labute approximate surface area is 99.3 Å². The number of Topliss-reactive ketones (excluding diaryl/α,β-unsaturated/α-hetero) is 1. The van der Waals surface area contributed by atoms with Gasteiger partial charge < -0.3 is 5.32 Å². The van der Waals surface area contributed by atoms with Gasteiger partial charge in [-0.05, 0) is 12.8 Å². The molecule has 1 heterocycles. The smallest absolute Gasteiger partial charge is 0.297 e. The van der Waals surface area contributed by atoms with Gasteiger partial charge in [-0.3, -0.25) is 24.1 Å². The van der Waals surface area contributed by atoms with E-state index in [0.29, 0.717) is 19.4 Å². The van der Waals surface area contributed by atoms with E-state index < -0.39 is 29.4 Å². The van der Waals surface area contributed by atoms with Crippen molar-refractivity contribution in [2.75, 3.05) is 13.1 Å². The lowest BCUT2D eigenvalue weighted by atomic mass is 10.1. The predicted molar refractivity (Wildman–Crippen MR) is 58.8 cm³/mol. The van der Waals surface area contributed by atoms with Crippen LogP contribution in [0, 0.1) is 5.92 Å². The number of rotatable bonds is 5. The summed E-state index contributed by atoms with van der Waals surface area (Å²) in [7, 11) is 0. The van der Waals surface area contributed by atoms with Gasteiger partial charge in [0.05, 0.1) is 0 Å². The summed E-state index contributed by atoms with van der Waals surface area (Å²) in [5.74, 6) is -4.63. The number of carbonyl (C=O) groups excluding carboxylic acids is 4. The Balaban J connectivity index is 2.80. The van der Waals surface area contributed by atoms with Gasteiger partial charge in [0, 0.05) is 13.1 Å². The standard InChI is InChI=1S/C11H16N2O4/c1-3-5-12-9(15)7-8(14)11(17)13(6-4-2)10(7)16/h7H,3-6H2,1-2H3,(H,12,15). The molecule has 1 aliphatic rings. The van der Waals surface area contributed by atoms with Crippen molar-refractivity contribution in [1.82, 2.24) is 10.2 Å². The Morgan fingerprint density at radius 3 is 2.41 bits per heavy atom. The van der Waals surface area contributed by atoms with Crippen molar-refractivity contribution >= 4 is 23.5 Å². The molecule has 0 aromatic carbocycles. The van der Waals surface area contributed by atoms with Gasteiger partial charge >= 0.3 is 0 Å². The number of nitrogens with zero attached hydrogens (tertiary/aromatic N) is 1. The summed E-state index contributed by atoms with van der Waals surface area (Å²) in [6, 6.07) is 0. The van der Waals surface area contributed by atoms with Crippen LogP contribution < -0.4 is 5.32 Å². The van der Waals surface area contributed by atoms with Crippen molar-refractivity contribution < 1.29 is 19.2 Å². The molecular weight excluding hydrogens is 224 g/mol. The van der Waals surface area contributed by atoms with E-state index in [1.807, 2.05) is 6.92 Å². The molecule has 0 aromatic rings. The zero-order valence-corrected chi connectivity index (χ0v) is 9.99. The van der Waals surface area contributed by atoms with Crippen LogP contribution in [0.1, 0.15) is 26.7 Å². The highest BCUT2D eigenvalue weighted by atomic mass is 16.2. The molecule has 0 spiro atoms. The zero-order valence-electron chi connectivity index (χ0n) is 9.99. The molecule has 0 aliphatic carbocycles. The maximum Gasteiger partial charge on any atom is 0.297 e. The highest BCUT2D eigenvalue weighted by Crippen LogP contribution is 2.16. The summed E-state index contributed by atoms with van der Waals surface area (Å²) < 4.78 is 0. The molecule has 0 aromatic heterocycles. The molecule has 3 amide bonds. The molecule has 1 aliphatic heterocycles. The molecule has 0 saturated carbocycles. The molecule has 1 rings (SSSR count). The van der Waals surface area contributed by atoms with Crippen LogP contribution in [0.15, 0.2) is 0 Å². The summed E-state index contributed by atoms with van der Waals surface area (Å²) in [5.41, 5.74) is 0. The number of amides is 3.